The molecule has 2 aliphatic carbocycles. The van der Waals surface area contributed by atoms with Gasteiger partial charge in [-0.15, -0.1) is 11.3 Å². The van der Waals surface area contributed by atoms with Gasteiger partial charge in [-0.1, -0.05) is 32.8 Å². The molecule has 2 fully saturated rings. The van der Waals surface area contributed by atoms with Crippen LogP contribution in [0.5, 0.6) is 0 Å². The van der Waals surface area contributed by atoms with Crippen LogP contribution in [0.4, 0.5) is 0 Å². The molecule has 2 saturated carbocycles. The van der Waals surface area contributed by atoms with E-state index >= 15 is 0 Å². The fraction of sp³-hybridized carbons (Fsp3) is 0.773. The van der Waals surface area contributed by atoms with Crippen LogP contribution >= 0.6 is 11.3 Å². The maximum Gasteiger partial charge on any atom is 0.303 e. The summed E-state index contributed by atoms with van der Waals surface area (Å²) in [6.07, 6.45) is 8.87. The second-order valence-electron chi connectivity index (χ2n) is 8.78. The maximum absolute atomic E-state index is 11.4. The smallest absolute Gasteiger partial charge is 0.303 e. The van der Waals surface area contributed by atoms with E-state index in [1.807, 2.05) is 11.4 Å². The van der Waals surface area contributed by atoms with E-state index in [-0.39, 0.29) is 18.2 Å². The molecule has 3 rings (SSSR count). The quantitative estimate of drug-likeness (QED) is 0.616. The number of aliphatic hydroxyl groups excluding tert-OH is 1. The van der Waals surface area contributed by atoms with E-state index in [1.165, 1.54) is 39.0 Å². The first-order chi connectivity index (χ1) is 12.4. The highest BCUT2D eigenvalue weighted by atomic mass is 32.1. The van der Waals surface area contributed by atoms with E-state index in [2.05, 4.69) is 19.9 Å². The zero-order valence-electron chi connectivity index (χ0n) is 16.4. The van der Waals surface area contributed by atoms with Crippen molar-refractivity contribution < 1.29 is 14.6 Å². The van der Waals surface area contributed by atoms with Gasteiger partial charge in [-0.05, 0) is 73.1 Å². The molecule has 26 heavy (non-hydrogen) atoms. The maximum atomic E-state index is 11.4. The number of fused-ring (bicyclic) bond motifs is 1. The van der Waals surface area contributed by atoms with Crippen molar-refractivity contribution >= 4 is 17.3 Å². The highest BCUT2D eigenvalue weighted by molar-refractivity contribution is 7.10. The van der Waals surface area contributed by atoms with Crippen LogP contribution in [-0.4, -0.2) is 17.2 Å². The Morgan fingerprint density at radius 2 is 2.19 bits per heavy atom. The van der Waals surface area contributed by atoms with Gasteiger partial charge in [0.15, 0.2) is 0 Å². The summed E-state index contributed by atoms with van der Waals surface area (Å²) < 4.78 is 5.56. The summed E-state index contributed by atoms with van der Waals surface area (Å²) in [5, 5.41) is 12.5. The van der Waals surface area contributed by atoms with Gasteiger partial charge in [0, 0.05) is 11.8 Å². The Bertz CT molecular complexity index is 584. The fourth-order valence-electron chi connectivity index (χ4n) is 5.88. The van der Waals surface area contributed by atoms with Crippen LogP contribution in [0.3, 0.4) is 0 Å². The number of hydrogen-bond acceptors (Lipinski definition) is 4. The Morgan fingerprint density at radius 3 is 2.88 bits per heavy atom. The Labute approximate surface area is 162 Å². The lowest BCUT2D eigenvalue weighted by molar-refractivity contribution is -0.147. The average molecular weight is 379 g/mol. The number of rotatable bonds is 7. The van der Waals surface area contributed by atoms with Gasteiger partial charge in [0.2, 0.25) is 0 Å². The van der Waals surface area contributed by atoms with Crippen LogP contribution in [0.2, 0.25) is 0 Å². The molecule has 1 aromatic rings. The van der Waals surface area contributed by atoms with E-state index in [1.54, 1.807) is 11.3 Å². The molecule has 0 amide bonds. The van der Waals surface area contributed by atoms with Gasteiger partial charge in [0.1, 0.15) is 6.10 Å². The van der Waals surface area contributed by atoms with Crippen molar-refractivity contribution in [2.45, 2.75) is 84.3 Å². The van der Waals surface area contributed by atoms with E-state index in [0.717, 1.165) is 30.1 Å². The molecular weight excluding hydrogens is 344 g/mol. The van der Waals surface area contributed by atoms with Gasteiger partial charge < -0.3 is 9.84 Å². The van der Waals surface area contributed by atoms with Crippen LogP contribution in [0.1, 0.15) is 83.1 Å². The average Bonchev–Trinajstić information content (AvgIpc) is 3.21. The zero-order valence-corrected chi connectivity index (χ0v) is 17.3. The monoisotopic (exact) mass is 378 g/mol. The third kappa shape index (κ3) is 4.17. The van der Waals surface area contributed by atoms with E-state index in [9.17, 15) is 9.90 Å². The second kappa shape index (κ2) is 8.43. The number of esters is 1. The molecule has 6 unspecified atom stereocenters. The number of thiophene rings is 1. The highest BCUT2D eigenvalue weighted by Gasteiger charge is 2.51. The predicted molar refractivity (Wildman–Crippen MR) is 106 cm³/mol. The first kappa shape index (κ1) is 19.9. The first-order valence-corrected chi connectivity index (χ1v) is 11.2. The van der Waals surface area contributed by atoms with E-state index in [0.29, 0.717) is 17.3 Å². The van der Waals surface area contributed by atoms with Crippen molar-refractivity contribution in [3.05, 3.63) is 22.4 Å². The summed E-state index contributed by atoms with van der Waals surface area (Å²) in [6, 6.07) is 4.08. The summed E-state index contributed by atoms with van der Waals surface area (Å²) in [7, 11) is 0. The number of hydrogen-bond donors (Lipinski definition) is 1. The Balaban J connectivity index is 1.55. The Morgan fingerprint density at radius 1 is 1.38 bits per heavy atom. The largest absolute Gasteiger partial charge is 0.457 e. The SMILES string of the molecule is CC(=O)OC(CCCC(C)C1CCC2C(O)CCCC12C)c1cccs1. The van der Waals surface area contributed by atoms with E-state index < -0.39 is 0 Å². The van der Waals surface area contributed by atoms with E-state index in [4.69, 9.17) is 4.74 Å². The van der Waals surface area contributed by atoms with Crippen LogP contribution < -0.4 is 0 Å². The lowest BCUT2D eigenvalue weighted by Gasteiger charge is -2.45. The van der Waals surface area contributed by atoms with Gasteiger partial charge in [-0.2, -0.15) is 0 Å². The third-order valence-corrected chi connectivity index (χ3v) is 8.11. The molecule has 146 valence electrons. The number of carbonyl (C=O) groups is 1. The number of carbonyl (C=O) groups excluding carboxylic acids is 1. The van der Waals surface area contributed by atoms with Crippen molar-refractivity contribution in [3.63, 3.8) is 0 Å². The van der Waals surface area contributed by atoms with Crippen molar-refractivity contribution in [2.75, 3.05) is 0 Å². The molecule has 0 aliphatic heterocycles. The highest BCUT2D eigenvalue weighted by Crippen LogP contribution is 2.58. The molecule has 0 bridgehead atoms. The van der Waals surface area contributed by atoms with Crippen LogP contribution in [0, 0.1) is 23.2 Å². The molecule has 0 radical (unpaired) electrons. The molecular formula is C22H34O3S. The molecule has 2 aliphatic rings. The number of ether oxygens (including phenoxy) is 1. The topological polar surface area (TPSA) is 46.5 Å². The van der Waals surface area contributed by atoms with Crippen LogP contribution in [0.15, 0.2) is 17.5 Å². The fourth-order valence-corrected chi connectivity index (χ4v) is 6.67. The molecule has 0 aromatic carbocycles. The van der Waals surface area contributed by atoms with Crippen molar-refractivity contribution in [1.82, 2.24) is 0 Å². The van der Waals surface area contributed by atoms with Crippen LogP contribution in [0.25, 0.3) is 0 Å². The van der Waals surface area contributed by atoms with Crippen molar-refractivity contribution in [1.29, 1.82) is 0 Å². The predicted octanol–water partition coefficient (Wildman–Crippen LogP) is 5.74. The summed E-state index contributed by atoms with van der Waals surface area (Å²) in [6.45, 7) is 6.32. The molecule has 0 spiro atoms. The molecule has 1 N–H and O–H groups in total. The normalized spacial score (nSPS) is 33.5. The Kier molecular flexibility index (Phi) is 6.45. The van der Waals surface area contributed by atoms with Gasteiger partial charge in [-0.25, -0.2) is 0 Å². The summed E-state index contributed by atoms with van der Waals surface area (Å²) in [4.78, 5) is 12.6. The summed E-state index contributed by atoms with van der Waals surface area (Å²) in [5.41, 5.74) is 0.320. The van der Waals surface area contributed by atoms with Crippen LogP contribution in [-0.2, 0) is 9.53 Å². The lowest BCUT2D eigenvalue weighted by atomic mass is 9.61. The van der Waals surface area contributed by atoms with Gasteiger partial charge in [0.05, 0.1) is 6.10 Å². The molecule has 1 aromatic heterocycles. The minimum Gasteiger partial charge on any atom is -0.457 e. The van der Waals surface area contributed by atoms with Crippen molar-refractivity contribution in [3.8, 4) is 0 Å². The first-order valence-electron chi connectivity index (χ1n) is 10.3. The standard InChI is InChI=1S/C22H34O3S/c1-15(17-11-12-18-19(24)8-5-13-22(17,18)3)7-4-9-20(25-16(2)23)21-10-6-14-26-21/h6,10,14-15,17-20,24H,4-5,7-9,11-13H2,1-3H3. The molecule has 3 nitrogen and oxygen atoms in total. The zero-order chi connectivity index (χ0) is 18.7. The molecule has 4 heteroatoms. The third-order valence-electron chi connectivity index (χ3n) is 7.14. The minimum atomic E-state index is -0.196. The minimum absolute atomic E-state index is 0.0851. The second-order valence-corrected chi connectivity index (χ2v) is 9.76. The summed E-state index contributed by atoms with van der Waals surface area (Å²) >= 11 is 1.67. The van der Waals surface area contributed by atoms with Crippen molar-refractivity contribution in [2.24, 2.45) is 23.2 Å². The van der Waals surface area contributed by atoms with Gasteiger partial charge in [0.25, 0.3) is 0 Å². The van der Waals surface area contributed by atoms with Gasteiger partial charge >= 0.3 is 5.97 Å². The molecule has 1 heterocycles. The Hall–Kier alpha value is -0.870. The van der Waals surface area contributed by atoms with Gasteiger partial charge in [-0.3, -0.25) is 4.79 Å². The molecule has 6 atom stereocenters. The lowest BCUT2D eigenvalue weighted by Crippen LogP contribution is -2.41. The molecule has 0 saturated heterocycles. The summed E-state index contributed by atoms with van der Waals surface area (Å²) in [5.74, 6) is 1.69. The number of aliphatic hydroxyl groups is 1.